The summed E-state index contributed by atoms with van der Waals surface area (Å²) in [5.74, 6) is 0.659. The van der Waals surface area contributed by atoms with Crippen molar-refractivity contribution < 1.29 is 0 Å². The summed E-state index contributed by atoms with van der Waals surface area (Å²) < 4.78 is 0. The first-order valence-electron chi connectivity index (χ1n) is 7.10. The molecule has 3 nitrogen and oxygen atoms in total. The number of benzene rings is 1. The molecule has 0 aromatic heterocycles. The van der Waals surface area contributed by atoms with Crippen molar-refractivity contribution >= 4 is 28.9 Å². The molecule has 1 aromatic carbocycles. The van der Waals surface area contributed by atoms with Crippen molar-refractivity contribution in [3.8, 4) is 0 Å². The minimum atomic E-state index is -0.321. The molecule has 0 amide bonds. The Morgan fingerprint density at radius 2 is 1.95 bits per heavy atom. The van der Waals surface area contributed by atoms with E-state index in [1.165, 1.54) is 0 Å². The Morgan fingerprint density at radius 1 is 1.30 bits per heavy atom. The molecule has 1 aliphatic rings. The maximum absolute atomic E-state index is 5.97. The topological polar surface area (TPSA) is 27.3 Å². The number of hydrogen-bond donors (Lipinski definition) is 2. The van der Waals surface area contributed by atoms with Crippen LogP contribution in [-0.2, 0) is 5.66 Å². The molecule has 1 aliphatic heterocycles. The highest BCUT2D eigenvalue weighted by Gasteiger charge is 2.39. The van der Waals surface area contributed by atoms with Gasteiger partial charge in [-0.3, -0.25) is 5.01 Å². The van der Waals surface area contributed by atoms with Gasteiger partial charge in [0.05, 0.1) is 0 Å². The van der Waals surface area contributed by atoms with Crippen molar-refractivity contribution in [1.29, 1.82) is 0 Å². The van der Waals surface area contributed by atoms with E-state index < -0.39 is 0 Å². The molecule has 1 atom stereocenters. The highest BCUT2D eigenvalue weighted by Crippen LogP contribution is 2.28. The Hall–Kier alpha value is -0.840. The van der Waals surface area contributed by atoms with E-state index in [2.05, 4.69) is 31.5 Å². The summed E-state index contributed by atoms with van der Waals surface area (Å²) >= 11 is 11.4. The smallest absolute Gasteiger partial charge is 0.185 e. The molecule has 0 bridgehead atoms. The van der Waals surface area contributed by atoms with Gasteiger partial charge in [0.2, 0.25) is 0 Å². The second-order valence-corrected chi connectivity index (χ2v) is 6.47. The maximum atomic E-state index is 5.97. The van der Waals surface area contributed by atoms with Crippen LogP contribution in [0.15, 0.2) is 24.3 Å². The first-order chi connectivity index (χ1) is 9.47. The Bertz CT molecular complexity index is 475. The molecular weight excluding hydrogens is 290 g/mol. The van der Waals surface area contributed by atoms with E-state index in [9.17, 15) is 0 Å². The van der Waals surface area contributed by atoms with Gasteiger partial charge >= 0.3 is 0 Å². The van der Waals surface area contributed by atoms with Gasteiger partial charge in [-0.15, -0.1) is 0 Å². The number of nitrogens with zero attached hydrogens (tertiary/aromatic N) is 1. The summed E-state index contributed by atoms with van der Waals surface area (Å²) in [6.45, 7) is 7.50. The van der Waals surface area contributed by atoms with Gasteiger partial charge in [0.25, 0.3) is 0 Å². The van der Waals surface area contributed by atoms with Crippen molar-refractivity contribution in [3.63, 3.8) is 0 Å². The molecule has 1 unspecified atom stereocenters. The van der Waals surface area contributed by atoms with Crippen LogP contribution >= 0.6 is 23.8 Å². The van der Waals surface area contributed by atoms with Crippen LogP contribution in [0.25, 0.3) is 0 Å². The van der Waals surface area contributed by atoms with Gasteiger partial charge in [0.1, 0.15) is 5.66 Å². The molecular formula is C15H22ClN3S. The average Bonchev–Trinajstić information content (AvgIpc) is 2.75. The number of thiocarbonyl (C=S) groups is 1. The third kappa shape index (κ3) is 3.25. The van der Waals surface area contributed by atoms with Crippen LogP contribution in [-0.4, -0.2) is 16.7 Å². The third-order valence-electron chi connectivity index (χ3n) is 3.69. The standard InChI is InChI=1S/C15H22ClN3S/c1-4-15(12-5-7-13(16)8-6-12)17-14(20)19(18-15)10-9-11(2)3/h5-8,11,18H,4,9-10H2,1-3H3,(H,17,20). The molecule has 20 heavy (non-hydrogen) atoms. The SMILES string of the molecule is CCC1(c2ccc(Cl)cc2)NC(=S)N(CCC(C)C)N1. The molecule has 1 fully saturated rings. The lowest BCUT2D eigenvalue weighted by molar-refractivity contribution is 0.205. The molecule has 1 heterocycles. The van der Waals surface area contributed by atoms with Crippen LogP contribution in [0.5, 0.6) is 0 Å². The summed E-state index contributed by atoms with van der Waals surface area (Å²) in [6.07, 6.45) is 2.00. The van der Waals surface area contributed by atoms with E-state index in [1.807, 2.05) is 29.3 Å². The lowest BCUT2D eigenvalue weighted by atomic mass is 9.98. The lowest BCUT2D eigenvalue weighted by Gasteiger charge is -2.29. The predicted molar refractivity (Wildman–Crippen MR) is 88.5 cm³/mol. The minimum Gasteiger partial charge on any atom is -0.338 e. The molecule has 1 aromatic rings. The summed E-state index contributed by atoms with van der Waals surface area (Å²) in [4.78, 5) is 0. The highest BCUT2D eigenvalue weighted by atomic mass is 35.5. The largest absolute Gasteiger partial charge is 0.338 e. The van der Waals surface area contributed by atoms with Crippen molar-refractivity contribution in [2.45, 2.75) is 39.3 Å². The summed E-state index contributed by atoms with van der Waals surface area (Å²) in [5, 5.41) is 6.99. The third-order valence-corrected chi connectivity index (χ3v) is 4.26. The van der Waals surface area contributed by atoms with Gasteiger partial charge in [-0.2, -0.15) is 0 Å². The van der Waals surface area contributed by atoms with Gasteiger partial charge < -0.3 is 5.32 Å². The van der Waals surface area contributed by atoms with Gasteiger partial charge in [0.15, 0.2) is 5.11 Å². The van der Waals surface area contributed by atoms with E-state index in [1.54, 1.807) is 0 Å². The Balaban J connectivity index is 2.16. The number of rotatable bonds is 5. The summed E-state index contributed by atoms with van der Waals surface area (Å²) in [6, 6.07) is 7.91. The Labute approximate surface area is 131 Å². The zero-order valence-electron chi connectivity index (χ0n) is 12.2. The van der Waals surface area contributed by atoms with E-state index in [4.69, 9.17) is 23.8 Å². The van der Waals surface area contributed by atoms with Crippen LogP contribution in [0.3, 0.4) is 0 Å². The van der Waals surface area contributed by atoms with Crippen molar-refractivity contribution in [2.75, 3.05) is 6.54 Å². The van der Waals surface area contributed by atoms with Gasteiger partial charge in [0, 0.05) is 11.6 Å². The number of nitrogens with one attached hydrogen (secondary N) is 2. The van der Waals surface area contributed by atoms with Crippen molar-refractivity contribution in [3.05, 3.63) is 34.9 Å². The molecule has 0 aliphatic carbocycles. The molecule has 0 radical (unpaired) electrons. The number of hydrogen-bond acceptors (Lipinski definition) is 2. The fourth-order valence-corrected chi connectivity index (χ4v) is 2.78. The first-order valence-corrected chi connectivity index (χ1v) is 7.89. The van der Waals surface area contributed by atoms with Crippen LogP contribution in [0.1, 0.15) is 39.2 Å². The molecule has 110 valence electrons. The molecule has 2 rings (SSSR count). The fraction of sp³-hybridized carbons (Fsp3) is 0.533. The fourth-order valence-electron chi connectivity index (χ4n) is 2.35. The van der Waals surface area contributed by atoms with Gasteiger partial charge in [-0.1, -0.05) is 44.5 Å². The monoisotopic (exact) mass is 311 g/mol. The zero-order valence-corrected chi connectivity index (χ0v) is 13.8. The van der Waals surface area contributed by atoms with E-state index >= 15 is 0 Å². The van der Waals surface area contributed by atoms with Crippen LogP contribution in [0, 0.1) is 5.92 Å². The Morgan fingerprint density at radius 3 is 2.50 bits per heavy atom. The van der Waals surface area contributed by atoms with Gasteiger partial charge in [-0.05, 0) is 48.7 Å². The predicted octanol–water partition coefficient (Wildman–Crippen LogP) is 3.64. The van der Waals surface area contributed by atoms with Crippen molar-refractivity contribution in [2.24, 2.45) is 5.92 Å². The van der Waals surface area contributed by atoms with Gasteiger partial charge in [-0.25, -0.2) is 5.43 Å². The summed E-state index contributed by atoms with van der Waals surface area (Å²) in [5.41, 5.74) is 4.36. The van der Waals surface area contributed by atoms with Crippen molar-refractivity contribution in [1.82, 2.24) is 15.8 Å². The van der Waals surface area contributed by atoms with Crippen LogP contribution < -0.4 is 10.7 Å². The average molecular weight is 312 g/mol. The molecule has 1 saturated heterocycles. The number of halogens is 1. The number of hydrazine groups is 1. The minimum absolute atomic E-state index is 0.321. The lowest BCUT2D eigenvalue weighted by Crippen LogP contribution is -2.48. The molecule has 0 saturated carbocycles. The van der Waals surface area contributed by atoms with Crippen LogP contribution in [0.4, 0.5) is 0 Å². The second kappa shape index (κ2) is 6.29. The molecule has 2 N–H and O–H groups in total. The van der Waals surface area contributed by atoms with E-state index in [0.717, 1.165) is 35.1 Å². The Kier molecular flexibility index (Phi) is 4.89. The van der Waals surface area contributed by atoms with E-state index in [-0.39, 0.29) is 5.66 Å². The quantitative estimate of drug-likeness (QED) is 0.812. The summed E-state index contributed by atoms with van der Waals surface area (Å²) in [7, 11) is 0. The van der Waals surface area contributed by atoms with Crippen LogP contribution in [0.2, 0.25) is 5.02 Å². The normalized spacial score (nSPS) is 22.4. The first kappa shape index (κ1) is 15.5. The maximum Gasteiger partial charge on any atom is 0.185 e. The molecule has 0 spiro atoms. The highest BCUT2D eigenvalue weighted by molar-refractivity contribution is 7.80. The second-order valence-electron chi connectivity index (χ2n) is 5.64. The van der Waals surface area contributed by atoms with E-state index in [0.29, 0.717) is 5.92 Å². The zero-order chi connectivity index (χ0) is 14.8. The molecule has 5 heteroatoms.